The minimum Gasteiger partial charge on any atom is -0.497 e. The van der Waals surface area contributed by atoms with E-state index < -0.39 is 0 Å². The summed E-state index contributed by atoms with van der Waals surface area (Å²) in [6, 6.07) is 13.2. The van der Waals surface area contributed by atoms with Gasteiger partial charge in [0.25, 0.3) is 0 Å². The summed E-state index contributed by atoms with van der Waals surface area (Å²) in [6.07, 6.45) is 0.469. The number of carbonyl (C=O) groups excluding carboxylic acids is 1. The van der Waals surface area contributed by atoms with Gasteiger partial charge in [-0.2, -0.15) is 4.98 Å². The molecule has 1 amide bonds. The molecule has 1 unspecified atom stereocenters. The number of ether oxygens (including phenoxy) is 3. The van der Waals surface area contributed by atoms with Crippen molar-refractivity contribution in [1.29, 1.82) is 0 Å². The van der Waals surface area contributed by atoms with E-state index in [0.717, 1.165) is 16.9 Å². The zero-order valence-electron chi connectivity index (χ0n) is 18.7. The molecule has 32 heavy (non-hydrogen) atoms. The van der Waals surface area contributed by atoms with Gasteiger partial charge in [0, 0.05) is 31.1 Å². The summed E-state index contributed by atoms with van der Waals surface area (Å²) in [6.45, 7) is 5.05. The standard InChI is InChI=1S/C24H27N3O5/c1-15(2)31-19-7-5-16(6-8-19)13-27-14-18(11-22(27)28)24-25-23(26-32-24)17-9-20(29-3)12-21(10-17)30-4/h5-10,12,15,18H,11,13-14H2,1-4H3. The fourth-order valence-electron chi connectivity index (χ4n) is 3.71. The largest absolute Gasteiger partial charge is 0.497 e. The molecule has 2 aromatic carbocycles. The average molecular weight is 437 g/mol. The zero-order chi connectivity index (χ0) is 22.7. The molecule has 1 aliphatic rings. The van der Waals surface area contributed by atoms with Crippen LogP contribution in [0.5, 0.6) is 17.2 Å². The van der Waals surface area contributed by atoms with Crippen molar-refractivity contribution in [2.75, 3.05) is 20.8 Å². The number of carbonyl (C=O) groups is 1. The summed E-state index contributed by atoms with van der Waals surface area (Å²) in [5.74, 6) is 2.92. The first-order valence-electron chi connectivity index (χ1n) is 10.6. The van der Waals surface area contributed by atoms with Crippen LogP contribution in [0.2, 0.25) is 0 Å². The number of hydrogen-bond acceptors (Lipinski definition) is 7. The molecule has 1 atom stereocenters. The Kier molecular flexibility index (Phi) is 6.30. The second-order valence-electron chi connectivity index (χ2n) is 8.04. The van der Waals surface area contributed by atoms with E-state index >= 15 is 0 Å². The maximum atomic E-state index is 12.6. The number of likely N-dealkylation sites (tertiary alicyclic amines) is 1. The molecule has 0 aliphatic carbocycles. The maximum Gasteiger partial charge on any atom is 0.232 e. The summed E-state index contributed by atoms with van der Waals surface area (Å²) in [5, 5.41) is 4.11. The van der Waals surface area contributed by atoms with Gasteiger partial charge in [0.1, 0.15) is 17.2 Å². The predicted molar refractivity (Wildman–Crippen MR) is 118 cm³/mol. The summed E-state index contributed by atoms with van der Waals surface area (Å²) in [5.41, 5.74) is 1.77. The normalized spacial score (nSPS) is 16.0. The van der Waals surface area contributed by atoms with Gasteiger partial charge in [-0.3, -0.25) is 4.79 Å². The highest BCUT2D eigenvalue weighted by Crippen LogP contribution is 2.32. The molecule has 1 aromatic heterocycles. The molecule has 0 bridgehead atoms. The number of nitrogens with zero attached hydrogens (tertiary/aromatic N) is 3. The van der Waals surface area contributed by atoms with Crippen LogP contribution in [0, 0.1) is 0 Å². The number of methoxy groups -OCH3 is 2. The summed E-state index contributed by atoms with van der Waals surface area (Å²) < 4.78 is 21.8. The van der Waals surface area contributed by atoms with Crippen LogP contribution >= 0.6 is 0 Å². The van der Waals surface area contributed by atoms with Crippen LogP contribution in [0.25, 0.3) is 11.4 Å². The van der Waals surface area contributed by atoms with Gasteiger partial charge in [-0.15, -0.1) is 0 Å². The summed E-state index contributed by atoms with van der Waals surface area (Å²) in [7, 11) is 3.17. The number of amides is 1. The molecular weight excluding hydrogens is 410 g/mol. The average Bonchev–Trinajstić information content (AvgIpc) is 3.41. The molecule has 0 saturated carbocycles. The highest BCUT2D eigenvalue weighted by atomic mass is 16.5. The van der Waals surface area contributed by atoms with Crippen LogP contribution in [0.4, 0.5) is 0 Å². The number of hydrogen-bond donors (Lipinski definition) is 0. The van der Waals surface area contributed by atoms with E-state index in [2.05, 4.69) is 10.1 Å². The highest BCUT2D eigenvalue weighted by molar-refractivity contribution is 5.79. The molecule has 2 heterocycles. The van der Waals surface area contributed by atoms with Crippen molar-refractivity contribution in [2.24, 2.45) is 0 Å². The molecule has 3 aromatic rings. The van der Waals surface area contributed by atoms with Crippen LogP contribution in [-0.4, -0.2) is 47.8 Å². The van der Waals surface area contributed by atoms with E-state index in [0.29, 0.717) is 42.7 Å². The molecular formula is C24H27N3O5. The first kappa shape index (κ1) is 21.7. The zero-order valence-corrected chi connectivity index (χ0v) is 18.7. The Morgan fingerprint density at radius 3 is 2.38 bits per heavy atom. The third-order valence-corrected chi connectivity index (χ3v) is 5.28. The Morgan fingerprint density at radius 1 is 1.06 bits per heavy atom. The SMILES string of the molecule is COc1cc(OC)cc(-c2noc(C3CC(=O)N(Cc4ccc(OC(C)C)cc4)C3)n2)c1. The summed E-state index contributed by atoms with van der Waals surface area (Å²) >= 11 is 0. The van der Waals surface area contributed by atoms with Crippen molar-refractivity contribution in [3.8, 4) is 28.6 Å². The third kappa shape index (κ3) is 4.85. The van der Waals surface area contributed by atoms with Crippen molar-refractivity contribution >= 4 is 5.91 Å². The third-order valence-electron chi connectivity index (χ3n) is 5.28. The monoisotopic (exact) mass is 437 g/mol. The Hall–Kier alpha value is -3.55. The Labute approximate surface area is 187 Å². The Bertz CT molecular complexity index is 1060. The van der Waals surface area contributed by atoms with Gasteiger partial charge in [0.05, 0.1) is 26.2 Å². The smallest absolute Gasteiger partial charge is 0.232 e. The van der Waals surface area contributed by atoms with Crippen LogP contribution in [-0.2, 0) is 11.3 Å². The van der Waals surface area contributed by atoms with Gasteiger partial charge in [0.15, 0.2) is 0 Å². The second-order valence-corrected chi connectivity index (χ2v) is 8.04. The lowest BCUT2D eigenvalue weighted by atomic mass is 10.1. The molecule has 0 radical (unpaired) electrons. The van der Waals surface area contributed by atoms with Crippen molar-refractivity contribution in [3.05, 3.63) is 53.9 Å². The molecule has 4 rings (SSSR count). The Balaban J connectivity index is 1.44. The molecule has 0 N–H and O–H groups in total. The number of aromatic nitrogens is 2. The van der Waals surface area contributed by atoms with Crippen LogP contribution < -0.4 is 14.2 Å². The maximum absolute atomic E-state index is 12.6. The minimum atomic E-state index is -0.139. The quantitative estimate of drug-likeness (QED) is 0.525. The number of rotatable bonds is 8. The van der Waals surface area contributed by atoms with Crippen LogP contribution in [0.15, 0.2) is 47.0 Å². The lowest BCUT2D eigenvalue weighted by Crippen LogP contribution is -2.24. The van der Waals surface area contributed by atoms with Gasteiger partial charge in [-0.1, -0.05) is 17.3 Å². The van der Waals surface area contributed by atoms with E-state index in [4.69, 9.17) is 18.7 Å². The van der Waals surface area contributed by atoms with Crippen LogP contribution in [0.3, 0.4) is 0 Å². The summed E-state index contributed by atoms with van der Waals surface area (Å²) in [4.78, 5) is 19.0. The topological polar surface area (TPSA) is 86.9 Å². The molecule has 1 fully saturated rings. The lowest BCUT2D eigenvalue weighted by molar-refractivity contribution is -0.128. The molecule has 168 valence electrons. The van der Waals surface area contributed by atoms with E-state index in [1.165, 1.54) is 0 Å². The Morgan fingerprint density at radius 2 is 1.75 bits per heavy atom. The van der Waals surface area contributed by atoms with Gasteiger partial charge in [-0.25, -0.2) is 0 Å². The van der Waals surface area contributed by atoms with E-state index in [-0.39, 0.29) is 17.9 Å². The fourth-order valence-corrected chi connectivity index (χ4v) is 3.71. The van der Waals surface area contributed by atoms with E-state index in [1.54, 1.807) is 20.3 Å². The lowest BCUT2D eigenvalue weighted by Gasteiger charge is -2.16. The minimum absolute atomic E-state index is 0.0697. The number of benzene rings is 2. The fraction of sp³-hybridized carbons (Fsp3) is 0.375. The molecule has 8 nitrogen and oxygen atoms in total. The molecule has 8 heteroatoms. The van der Waals surface area contributed by atoms with Gasteiger partial charge >= 0.3 is 0 Å². The molecule has 0 spiro atoms. The van der Waals surface area contributed by atoms with E-state index in [9.17, 15) is 4.79 Å². The molecule has 1 saturated heterocycles. The first-order valence-corrected chi connectivity index (χ1v) is 10.6. The van der Waals surface area contributed by atoms with E-state index in [1.807, 2.05) is 55.1 Å². The van der Waals surface area contributed by atoms with Gasteiger partial charge < -0.3 is 23.6 Å². The van der Waals surface area contributed by atoms with Crippen molar-refractivity contribution in [1.82, 2.24) is 15.0 Å². The predicted octanol–water partition coefficient (Wildman–Crippen LogP) is 4.06. The van der Waals surface area contributed by atoms with Crippen molar-refractivity contribution in [3.63, 3.8) is 0 Å². The van der Waals surface area contributed by atoms with Crippen LogP contribution in [0.1, 0.15) is 37.6 Å². The molecule has 1 aliphatic heterocycles. The first-order chi connectivity index (χ1) is 15.4. The highest BCUT2D eigenvalue weighted by Gasteiger charge is 2.34. The van der Waals surface area contributed by atoms with Crippen molar-refractivity contribution in [2.45, 2.75) is 38.8 Å². The van der Waals surface area contributed by atoms with Gasteiger partial charge in [-0.05, 0) is 43.7 Å². The second kappa shape index (κ2) is 9.30. The van der Waals surface area contributed by atoms with Gasteiger partial charge in [0.2, 0.25) is 17.6 Å². The van der Waals surface area contributed by atoms with Crippen molar-refractivity contribution < 1.29 is 23.5 Å².